The van der Waals surface area contributed by atoms with Crippen molar-refractivity contribution in [3.05, 3.63) is 29.8 Å². The molecule has 0 aliphatic heterocycles. The lowest BCUT2D eigenvalue weighted by atomic mass is 10.1. The predicted octanol–water partition coefficient (Wildman–Crippen LogP) is 2.60. The molecule has 2 rings (SSSR count). The van der Waals surface area contributed by atoms with Gasteiger partial charge in [0.05, 0.1) is 6.10 Å². The molecule has 5 heteroatoms. The minimum Gasteiger partial charge on any atom is -0.490 e. The van der Waals surface area contributed by atoms with Crippen LogP contribution in [0.15, 0.2) is 24.3 Å². The molecule has 114 valence electrons. The van der Waals surface area contributed by atoms with E-state index in [1.807, 2.05) is 6.07 Å². The van der Waals surface area contributed by atoms with Gasteiger partial charge in [0, 0.05) is 5.56 Å². The summed E-state index contributed by atoms with van der Waals surface area (Å²) in [5.41, 5.74) is 0.421. The molecular formula is C16H21NO4. The number of amides is 1. The first kappa shape index (κ1) is 15.4. The second-order valence-electron chi connectivity index (χ2n) is 5.32. The van der Waals surface area contributed by atoms with E-state index in [0.717, 1.165) is 12.8 Å². The fraction of sp³-hybridized carbons (Fsp3) is 0.500. The highest BCUT2D eigenvalue weighted by Crippen LogP contribution is 2.24. The summed E-state index contributed by atoms with van der Waals surface area (Å²) < 4.78 is 5.85. The van der Waals surface area contributed by atoms with Crippen LogP contribution in [0.2, 0.25) is 0 Å². The minimum absolute atomic E-state index is 0.228. The van der Waals surface area contributed by atoms with Gasteiger partial charge in [-0.15, -0.1) is 0 Å². The Morgan fingerprint density at radius 3 is 2.71 bits per heavy atom. The number of carboxylic acid groups (broad SMARTS) is 1. The molecule has 1 aliphatic rings. The molecule has 1 aliphatic carbocycles. The van der Waals surface area contributed by atoms with Gasteiger partial charge in [-0.2, -0.15) is 0 Å². The van der Waals surface area contributed by atoms with Gasteiger partial charge in [0.15, 0.2) is 0 Å². The van der Waals surface area contributed by atoms with Crippen LogP contribution in [0.5, 0.6) is 5.75 Å². The maximum Gasteiger partial charge on any atom is 0.326 e. The number of carbonyl (C=O) groups is 2. The Morgan fingerprint density at radius 1 is 1.38 bits per heavy atom. The van der Waals surface area contributed by atoms with E-state index in [-0.39, 0.29) is 12.0 Å². The van der Waals surface area contributed by atoms with E-state index in [1.54, 1.807) is 25.1 Å². The standard InChI is InChI=1S/C16H21NO4/c1-2-14(16(19)20)17-15(18)11-6-5-9-13(10-11)21-12-7-3-4-8-12/h5-6,9-10,12,14H,2-4,7-8H2,1H3,(H,17,18)(H,19,20). The van der Waals surface area contributed by atoms with Crippen LogP contribution in [0, 0.1) is 0 Å². The summed E-state index contributed by atoms with van der Waals surface area (Å²) in [4.78, 5) is 23.0. The van der Waals surface area contributed by atoms with Gasteiger partial charge in [0.1, 0.15) is 11.8 Å². The van der Waals surface area contributed by atoms with E-state index in [0.29, 0.717) is 17.7 Å². The number of aliphatic carboxylic acids is 1. The Hall–Kier alpha value is -2.04. The largest absolute Gasteiger partial charge is 0.490 e. The first-order valence-electron chi connectivity index (χ1n) is 7.40. The molecule has 0 radical (unpaired) electrons. The van der Waals surface area contributed by atoms with Crippen molar-refractivity contribution >= 4 is 11.9 Å². The maximum atomic E-state index is 12.1. The second-order valence-corrected chi connectivity index (χ2v) is 5.32. The van der Waals surface area contributed by atoms with Gasteiger partial charge < -0.3 is 15.2 Å². The Labute approximate surface area is 124 Å². The van der Waals surface area contributed by atoms with Gasteiger partial charge in [-0.25, -0.2) is 4.79 Å². The molecule has 1 fully saturated rings. The Balaban J connectivity index is 2.02. The number of ether oxygens (including phenoxy) is 1. The van der Waals surface area contributed by atoms with E-state index in [4.69, 9.17) is 9.84 Å². The first-order valence-corrected chi connectivity index (χ1v) is 7.40. The number of rotatable bonds is 6. The summed E-state index contributed by atoms with van der Waals surface area (Å²) in [5.74, 6) is -0.747. The molecule has 1 saturated carbocycles. The molecule has 1 aromatic rings. The van der Waals surface area contributed by atoms with Crippen LogP contribution in [0.1, 0.15) is 49.4 Å². The number of hydrogen-bond acceptors (Lipinski definition) is 3. The van der Waals surface area contributed by atoms with Crippen LogP contribution in [0.4, 0.5) is 0 Å². The highest BCUT2D eigenvalue weighted by atomic mass is 16.5. The molecule has 0 heterocycles. The molecule has 1 atom stereocenters. The Kier molecular flexibility index (Phi) is 5.20. The third-order valence-corrected chi connectivity index (χ3v) is 3.71. The highest BCUT2D eigenvalue weighted by molar-refractivity contribution is 5.96. The van der Waals surface area contributed by atoms with Gasteiger partial charge in [0.2, 0.25) is 0 Å². The molecule has 1 unspecified atom stereocenters. The number of benzene rings is 1. The maximum absolute atomic E-state index is 12.1. The topological polar surface area (TPSA) is 75.6 Å². The van der Waals surface area contributed by atoms with Gasteiger partial charge >= 0.3 is 5.97 Å². The minimum atomic E-state index is -1.02. The number of carboxylic acids is 1. The SMILES string of the molecule is CCC(NC(=O)c1cccc(OC2CCCC2)c1)C(=O)O. The van der Waals surface area contributed by atoms with Crippen LogP contribution < -0.4 is 10.1 Å². The third kappa shape index (κ3) is 4.21. The first-order chi connectivity index (χ1) is 10.1. The third-order valence-electron chi connectivity index (χ3n) is 3.71. The summed E-state index contributed by atoms with van der Waals surface area (Å²) in [7, 11) is 0. The van der Waals surface area contributed by atoms with E-state index in [9.17, 15) is 9.59 Å². The zero-order valence-electron chi connectivity index (χ0n) is 12.2. The Bertz CT molecular complexity index is 509. The van der Waals surface area contributed by atoms with Gasteiger partial charge in [-0.1, -0.05) is 13.0 Å². The van der Waals surface area contributed by atoms with Crippen LogP contribution in [-0.2, 0) is 4.79 Å². The van der Waals surface area contributed by atoms with Crippen molar-refractivity contribution in [1.82, 2.24) is 5.32 Å². The van der Waals surface area contributed by atoms with E-state index in [2.05, 4.69) is 5.32 Å². The Morgan fingerprint density at radius 2 is 2.10 bits per heavy atom. The molecular weight excluding hydrogens is 270 g/mol. The monoisotopic (exact) mass is 291 g/mol. The molecule has 1 aromatic carbocycles. The van der Waals surface area contributed by atoms with Crippen LogP contribution >= 0.6 is 0 Å². The van der Waals surface area contributed by atoms with Crippen molar-refractivity contribution in [2.75, 3.05) is 0 Å². The van der Waals surface area contributed by atoms with Crippen molar-refractivity contribution in [2.24, 2.45) is 0 Å². The van der Waals surface area contributed by atoms with Crippen molar-refractivity contribution < 1.29 is 19.4 Å². The number of nitrogens with one attached hydrogen (secondary N) is 1. The van der Waals surface area contributed by atoms with E-state index < -0.39 is 12.0 Å². The van der Waals surface area contributed by atoms with E-state index in [1.165, 1.54) is 12.8 Å². The molecule has 5 nitrogen and oxygen atoms in total. The molecule has 0 bridgehead atoms. The molecule has 2 N–H and O–H groups in total. The van der Waals surface area contributed by atoms with Crippen molar-refractivity contribution in [1.29, 1.82) is 0 Å². The zero-order chi connectivity index (χ0) is 15.2. The van der Waals surface area contributed by atoms with E-state index >= 15 is 0 Å². The molecule has 21 heavy (non-hydrogen) atoms. The summed E-state index contributed by atoms with van der Waals surface area (Å²) in [6, 6.07) is 6.04. The van der Waals surface area contributed by atoms with Gasteiger partial charge in [-0.05, 0) is 50.3 Å². The molecule has 0 saturated heterocycles. The number of carbonyl (C=O) groups excluding carboxylic acids is 1. The van der Waals surface area contributed by atoms with Crippen molar-refractivity contribution in [3.8, 4) is 5.75 Å². The highest BCUT2D eigenvalue weighted by Gasteiger charge is 2.20. The second kappa shape index (κ2) is 7.11. The average molecular weight is 291 g/mol. The molecule has 1 amide bonds. The number of hydrogen-bond donors (Lipinski definition) is 2. The summed E-state index contributed by atoms with van der Waals surface area (Å²) in [6.45, 7) is 1.72. The fourth-order valence-electron chi connectivity index (χ4n) is 2.49. The van der Waals surface area contributed by atoms with Crippen molar-refractivity contribution in [2.45, 2.75) is 51.2 Å². The normalized spacial score (nSPS) is 16.4. The van der Waals surface area contributed by atoms with Crippen molar-refractivity contribution in [3.63, 3.8) is 0 Å². The average Bonchev–Trinajstić information content (AvgIpc) is 2.97. The fourth-order valence-corrected chi connectivity index (χ4v) is 2.49. The predicted molar refractivity (Wildman–Crippen MR) is 78.5 cm³/mol. The van der Waals surface area contributed by atoms with Gasteiger partial charge in [-0.3, -0.25) is 4.79 Å². The lowest BCUT2D eigenvalue weighted by molar-refractivity contribution is -0.139. The summed E-state index contributed by atoms with van der Waals surface area (Å²) >= 11 is 0. The lowest BCUT2D eigenvalue weighted by Crippen LogP contribution is -2.40. The molecule has 0 aromatic heterocycles. The lowest BCUT2D eigenvalue weighted by Gasteiger charge is -2.15. The molecule has 0 spiro atoms. The zero-order valence-corrected chi connectivity index (χ0v) is 12.2. The van der Waals surface area contributed by atoms with Crippen LogP contribution in [0.25, 0.3) is 0 Å². The smallest absolute Gasteiger partial charge is 0.326 e. The van der Waals surface area contributed by atoms with Crippen LogP contribution in [0.3, 0.4) is 0 Å². The summed E-state index contributed by atoms with van der Waals surface area (Å²) in [5, 5.41) is 11.5. The van der Waals surface area contributed by atoms with Crippen LogP contribution in [-0.4, -0.2) is 29.1 Å². The summed E-state index contributed by atoms with van der Waals surface area (Å²) in [6.07, 6.45) is 5.04. The quantitative estimate of drug-likeness (QED) is 0.844. The van der Waals surface area contributed by atoms with Gasteiger partial charge in [0.25, 0.3) is 5.91 Å².